The van der Waals surface area contributed by atoms with E-state index in [9.17, 15) is 0 Å². The summed E-state index contributed by atoms with van der Waals surface area (Å²) in [5.41, 5.74) is 1.50. The lowest BCUT2D eigenvalue weighted by Crippen LogP contribution is -2.51. The van der Waals surface area contributed by atoms with Gasteiger partial charge < -0.3 is 4.90 Å². The molecule has 0 aromatic rings. The van der Waals surface area contributed by atoms with Crippen LogP contribution in [0.1, 0.15) is 85.5 Å². The van der Waals surface area contributed by atoms with Gasteiger partial charge in [-0.15, -0.1) is 0 Å². The maximum absolute atomic E-state index is 4.36. The van der Waals surface area contributed by atoms with Crippen LogP contribution in [0.25, 0.3) is 0 Å². The van der Waals surface area contributed by atoms with Gasteiger partial charge in [0.1, 0.15) is 0 Å². The summed E-state index contributed by atoms with van der Waals surface area (Å²) < 4.78 is 0. The van der Waals surface area contributed by atoms with Crippen LogP contribution >= 0.6 is 0 Å². The third-order valence-electron chi connectivity index (χ3n) is 6.89. The second kappa shape index (κ2) is 11.5. The van der Waals surface area contributed by atoms with E-state index in [4.69, 9.17) is 0 Å². The van der Waals surface area contributed by atoms with Crippen molar-refractivity contribution in [1.29, 1.82) is 0 Å². The highest BCUT2D eigenvalue weighted by Gasteiger charge is 2.29. The minimum atomic E-state index is 0.658. The minimum Gasteiger partial charge on any atom is -0.301 e. The number of rotatable bonds is 10. The van der Waals surface area contributed by atoms with E-state index in [0.29, 0.717) is 5.92 Å². The van der Waals surface area contributed by atoms with E-state index >= 15 is 0 Å². The lowest BCUT2D eigenvalue weighted by Gasteiger charge is -2.42. The van der Waals surface area contributed by atoms with Crippen molar-refractivity contribution in [1.82, 2.24) is 9.80 Å². The Balaban J connectivity index is 1.55. The Hall–Kier alpha value is -0.340. The topological polar surface area (TPSA) is 6.48 Å². The Morgan fingerprint density at radius 3 is 2.04 bits per heavy atom. The van der Waals surface area contributed by atoms with Crippen LogP contribution in [0.3, 0.4) is 0 Å². The van der Waals surface area contributed by atoms with Crippen molar-refractivity contribution >= 4 is 0 Å². The second-order valence-electron chi connectivity index (χ2n) is 9.71. The first kappa shape index (κ1) is 22.0. The lowest BCUT2D eigenvalue weighted by molar-refractivity contribution is 0.0720. The highest BCUT2D eigenvalue weighted by Crippen LogP contribution is 2.34. The minimum absolute atomic E-state index is 0.658. The van der Waals surface area contributed by atoms with Crippen molar-refractivity contribution < 1.29 is 0 Å². The Morgan fingerprint density at radius 2 is 1.46 bits per heavy atom. The molecule has 0 unspecified atom stereocenters. The molecule has 0 N–H and O–H groups in total. The zero-order valence-corrected chi connectivity index (χ0v) is 18.3. The van der Waals surface area contributed by atoms with Crippen LogP contribution in [0.2, 0.25) is 0 Å². The van der Waals surface area contributed by atoms with Crippen LogP contribution in [0.15, 0.2) is 12.2 Å². The molecule has 0 spiro atoms. The summed E-state index contributed by atoms with van der Waals surface area (Å²) in [6, 6.07) is 0.851. The summed E-state index contributed by atoms with van der Waals surface area (Å²) in [6.45, 7) is 20.2. The van der Waals surface area contributed by atoms with Gasteiger partial charge in [0.15, 0.2) is 0 Å². The lowest BCUT2D eigenvalue weighted by atomic mass is 9.78. The maximum Gasteiger partial charge on any atom is 0.0113 e. The highest BCUT2D eigenvalue weighted by atomic mass is 15.3. The maximum atomic E-state index is 4.36. The SMILES string of the molecule is C=C(C(C)C)C1CCC(N2CCN(CCCCCCC(C)C)CC2)CC1. The molecule has 2 nitrogen and oxygen atoms in total. The summed E-state index contributed by atoms with van der Waals surface area (Å²) in [6.07, 6.45) is 12.6. The van der Waals surface area contributed by atoms with Crippen LogP contribution in [0.4, 0.5) is 0 Å². The molecule has 1 heterocycles. The molecule has 0 aromatic carbocycles. The van der Waals surface area contributed by atoms with Crippen LogP contribution in [0.5, 0.6) is 0 Å². The molecule has 0 atom stereocenters. The van der Waals surface area contributed by atoms with Crippen molar-refractivity contribution in [2.45, 2.75) is 91.5 Å². The molecule has 152 valence electrons. The van der Waals surface area contributed by atoms with E-state index in [1.54, 1.807) is 0 Å². The fourth-order valence-electron chi connectivity index (χ4n) is 4.88. The molecule has 0 bridgehead atoms. The first-order valence-corrected chi connectivity index (χ1v) is 11.6. The van der Waals surface area contributed by atoms with Crippen molar-refractivity contribution in [3.63, 3.8) is 0 Å². The Morgan fingerprint density at radius 1 is 0.846 bits per heavy atom. The predicted molar refractivity (Wildman–Crippen MR) is 116 cm³/mol. The molecular weight excluding hydrogens is 316 g/mol. The molecule has 2 fully saturated rings. The van der Waals surface area contributed by atoms with Gasteiger partial charge in [-0.1, -0.05) is 65.5 Å². The highest BCUT2D eigenvalue weighted by molar-refractivity contribution is 5.05. The zero-order valence-electron chi connectivity index (χ0n) is 18.3. The third-order valence-corrected chi connectivity index (χ3v) is 6.89. The number of piperazine rings is 1. The van der Waals surface area contributed by atoms with Gasteiger partial charge in [0, 0.05) is 32.2 Å². The van der Waals surface area contributed by atoms with E-state index in [1.165, 1.54) is 96.1 Å². The summed E-state index contributed by atoms with van der Waals surface area (Å²) in [7, 11) is 0. The summed E-state index contributed by atoms with van der Waals surface area (Å²) in [4.78, 5) is 5.51. The van der Waals surface area contributed by atoms with Crippen LogP contribution < -0.4 is 0 Å². The fourth-order valence-corrected chi connectivity index (χ4v) is 4.88. The molecule has 2 rings (SSSR count). The van der Waals surface area contributed by atoms with Gasteiger partial charge in [-0.05, 0) is 56.4 Å². The molecule has 0 amide bonds. The number of hydrogen-bond donors (Lipinski definition) is 0. The number of hydrogen-bond acceptors (Lipinski definition) is 2. The molecule has 1 saturated heterocycles. The standard InChI is InChI=1S/C24H46N2/c1-20(2)10-8-6-7-9-15-25-16-18-26(19-17-25)24-13-11-23(12-14-24)22(5)21(3)4/h20-21,23-24H,5-19H2,1-4H3. The molecule has 1 aliphatic carbocycles. The first-order valence-electron chi connectivity index (χ1n) is 11.6. The molecule has 1 aliphatic heterocycles. The molecule has 2 heteroatoms. The van der Waals surface area contributed by atoms with Crippen molar-refractivity contribution in [3.05, 3.63) is 12.2 Å². The first-order chi connectivity index (χ1) is 12.5. The fraction of sp³-hybridized carbons (Fsp3) is 0.917. The summed E-state index contributed by atoms with van der Waals surface area (Å²) >= 11 is 0. The summed E-state index contributed by atoms with van der Waals surface area (Å²) in [5, 5.41) is 0. The normalized spacial score (nSPS) is 25.9. The van der Waals surface area contributed by atoms with E-state index in [-0.39, 0.29) is 0 Å². The monoisotopic (exact) mass is 362 g/mol. The molecule has 26 heavy (non-hydrogen) atoms. The van der Waals surface area contributed by atoms with Crippen molar-refractivity contribution in [2.24, 2.45) is 17.8 Å². The number of nitrogens with zero attached hydrogens (tertiary/aromatic N) is 2. The third kappa shape index (κ3) is 7.35. The Labute approximate surface area is 164 Å². The Bertz CT molecular complexity index is 385. The van der Waals surface area contributed by atoms with Gasteiger partial charge in [-0.2, -0.15) is 0 Å². The molecule has 1 saturated carbocycles. The van der Waals surface area contributed by atoms with Gasteiger partial charge >= 0.3 is 0 Å². The van der Waals surface area contributed by atoms with Gasteiger partial charge in [0.05, 0.1) is 0 Å². The Kier molecular flexibility index (Phi) is 9.70. The smallest absolute Gasteiger partial charge is 0.0113 e. The largest absolute Gasteiger partial charge is 0.301 e. The van der Waals surface area contributed by atoms with Gasteiger partial charge in [-0.25, -0.2) is 0 Å². The predicted octanol–water partition coefficient (Wildman–Crippen LogP) is 5.98. The average Bonchev–Trinajstić information content (AvgIpc) is 2.64. The quantitative estimate of drug-likeness (QED) is 0.348. The zero-order chi connectivity index (χ0) is 18.9. The van der Waals surface area contributed by atoms with Crippen LogP contribution in [0, 0.1) is 17.8 Å². The van der Waals surface area contributed by atoms with E-state index < -0.39 is 0 Å². The average molecular weight is 363 g/mol. The molecule has 0 radical (unpaired) electrons. The molecule has 2 aliphatic rings. The summed E-state index contributed by atoms with van der Waals surface area (Å²) in [5.74, 6) is 2.33. The van der Waals surface area contributed by atoms with Gasteiger partial charge in [-0.3, -0.25) is 4.90 Å². The van der Waals surface area contributed by atoms with Crippen LogP contribution in [-0.4, -0.2) is 48.6 Å². The van der Waals surface area contributed by atoms with Crippen molar-refractivity contribution in [3.8, 4) is 0 Å². The van der Waals surface area contributed by atoms with Gasteiger partial charge in [0.2, 0.25) is 0 Å². The van der Waals surface area contributed by atoms with Crippen LogP contribution in [-0.2, 0) is 0 Å². The molecular formula is C24H46N2. The van der Waals surface area contributed by atoms with Gasteiger partial charge in [0.25, 0.3) is 0 Å². The molecule has 0 aromatic heterocycles. The number of unbranched alkanes of at least 4 members (excludes halogenated alkanes) is 3. The second-order valence-corrected chi connectivity index (χ2v) is 9.71. The van der Waals surface area contributed by atoms with E-state index in [0.717, 1.165) is 17.9 Å². The van der Waals surface area contributed by atoms with E-state index in [1.807, 2.05) is 0 Å². The van der Waals surface area contributed by atoms with E-state index in [2.05, 4.69) is 44.1 Å². The van der Waals surface area contributed by atoms with Crippen molar-refractivity contribution in [2.75, 3.05) is 32.7 Å². The number of allylic oxidation sites excluding steroid dienone is 1.